The molecule has 1 amide bonds. The van der Waals surface area contributed by atoms with Crippen molar-refractivity contribution >= 4 is 40.9 Å². The Hall–Kier alpha value is -3.91. The Bertz CT molecular complexity index is 1440. The Kier molecular flexibility index (Phi) is 6.02. The van der Waals surface area contributed by atoms with Crippen LogP contribution in [0.2, 0.25) is 5.02 Å². The van der Waals surface area contributed by atoms with Crippen LogP contribution in [0.4, 0.5) is 11.5 Å². The van der Waals surface area contributed by atoms with Crippen molar-refractivity contribution in [2.75, 3.05) is 10.6 Å². The number of ketones is 1. The second-order valence-electron chi connectivity index (χ2n) is 7.59. The highest BCUT2D eigenvalue weighted by atomic mass is 35.5. The molecule has 0 radical (unpaired) electrons. The van der Waals surface area contributed by atoms with Crippen molar-refractivity contribution < 1.29 is 9.59 Å². The molecule has 168 valence electrons. The van der Waals surface area contributed by atoms with Crippen molar-refractivity contribution in [3.63, 3.8) is 0 Å². The van der Waals surface area contributed by atoms with E-state index in [1.54, 1.807) is 54.6 Å². The molecule has 3 aromatic rings. The van der Waals surface area contributed by atoms with Gasteiger partial charge in [0.1, 0.15) is 11.4 Å². The molecule has 4 rings (SSSR count). The Labute approximate surface area is 194 Å². The lowest BCUT2D eigenvalue weighted by atomic mass is 10.1. The molecule has 1 aromatic heterocycles. The first-order valence-electron chi connectivity index (χ1n) is 10.3. The van der Waals surface area contributed by atoms with Crippen molar-refractivity contribution in [3.05, 3.63) is 96.8 Å². The zero-order chi connectivity index (χ0) is 23.7. The fraction of sp³-hybridized carbons (Fsp3) is 0.167. The number of nitrogens with one attached hydrogen (secondary N) is 2. The molecule has 0 saturated carbocycles. The zero-order valence-corrected chi connectivity index (χ0v) is 18.8. The molecule has 2 aromatic carbocycles. The summed E-state index contributed by atoms with van der Waals surface area (Å²) in [7, 11) is 1.36. The number of rotatable bonds is 5. The van der Waals surface area contributed by atoms with E-state index in [2.05, 4.69) is 10.6 Å². The summed E-state index contributed by atoms with van der Waals surface area (Å²) in [6.07, 6.45) is 2.24. The third-order valence-corrected chi connectivity index (χ3v) is 5.62. The lowest BCUT2D eigenvalue weighted by molar-refractivity contribution is 0.102. The van der Waals surface area contributed by atoms with Crippen molar-refractivity contribution in [3.8, 4) is 0 Å². The number of nitrogens with zero attached hydrogens (tertiary/aromatic N) is 2. The van der Waals surface area contributed by atoms with Crippen molar-refractivity contribution in [2.24, 2.45) is 7.05 Å². The van der Waals surface area contributed by atoms with Crippen molar-refractivity contribution in [2.45, 2.75) is 19.9 Å². The molecule has 0 aliphatic carbocycles. The molecule has 0 atom stereocenters. The van der Waals surface area contributed by atoms with Gasteiger partial charge in [-0.1, -0.05) is 42.8 Å². The molecule has 0 fully saturated rings. The van der Waals surface area contributed by atoms with Gasteiger partial charge < -0.3 is 10.6 Å². The van der Waals surface area contributed by atoms with Gasteiger partial charge in [-0.2, -0.15) is 0 Å². The van der Waals surface area contributed by atoms with Crippen LogP contribution in [0.15, 0.2) is 63.8 Å². The Balaban J connectivity index is 1.66. The maximum atomic E-state index is 13.0. The van der Waals surface area contributed by atoms with Gasteiger partial charge in [-0.15, -0.1) is 0 Å². The molecular formula is C24H21ClN4O4. The molecule has 1 aliphatic rings. The third-order valence-electron chi connectivity index (χ3n) is 5.29. The van der Waals surface area contributed by atoms with Crippen LogP contribution in [-0.2, 0) is 13.6 Å². The number of allylic oxidation sites excluding steroid dienone is 1. The van der Waals surface area contributed by atoms with Gasteiger partial charge in [0.05, 0.1) is 16.3 Å². The first kappa shape index (κ1) is 22.3. The molecular weight excluding hydrogens is 444 g/mol. The Morgan fingerprint density at radius 3 is 2.61 bits per heavy atom. The smallest absolute Gasteiger partial charge is 0.332 e. The predicted octanol–water partition coefficient (Wildman–Crippen LogP) is 3.51. The van der Waals surface area contributed by atoms with Crippen LogP contribution < -0.4 is 21.9 Å². The summed E-state index contributed by atoms with van der Waals surface area (Å²) in [5.74, 6) is -0.634. The summed E-state index contributed by atoms with van der Waals surface area (Å²) in [5.41, 5.74) is 0.478. The van der Waals surface area contributed by atoms with Crippen LogP contribution in [0.1, 0.15) is 39.6 Å². The summed E-state index contributed by atoms with van der Waals surface area (Å²) in [5, 5.41) is 6.07. The quantitative estimate of drug-likeness (QED) is 0.562. The lowest BCUT2D eigenvalue weighted by Crippen LogP contribution is -2.40. The summed E-state index contributed by atoms with van der Waals surface area (Å²) in [6.45, 7) is 2.27. The molecule has 33 heavy (non-hydrogen) atoms. The highest BCUT2D eigenvalue weighted by molar-refractivity contribution is 6.34. The lowest BCUT2D eigenvalue weighted by Gasteiger charge is -2.11. The van der Waals surface area contributed by atoms with E-state index in [-0.39, 0.29) is 23.0 Å². The summed E-state index contributed by atoms with van der Waals surface area (Å²) >= 11 is 6.09. The van der Waals surface area contributed by atoms with Crippen LogP contribution in [0.5, 0.6) is 0 Å². The number of carbonyl (C=O) groups is 2. The van der Waals surface area contributed by atoms with Gasteiger partial charge in [-0.25, -0.2) is 4.79 Å². The van der Waals surface area contributed by atoms with E-state index in [0.29, 0.717) is 34.8 Å². The second kappa shape index (κ2) is 8.91. The molecule has 1 aliphatic heterocycles. The largest absolute Gasteiger partial charge is 0.338 e. The van der Waals surface area contributed by atoms with Gasteiger partial charge in [-0.3, -0.25) is 23.5 Å². The van der Waals surface area contributed by atoms with E-state index < -0.39 is 17.0 Å². The van der Waals surface area contributed by atoms with Gasteiger partial charge in [0.15, 0.2) is 0 Å². The van der Waals surface area contributed by atoms with Crippen LogP contribution in [0.3, 0.4) is 0 Å². The summed E-state index contributed by atoms with van der Waals surface area (Å²) in [4.78, 5) is 50.6. The first-order valence-corrected chi connectivity index (χ1v) is 10.7. The van der Waals surface area contributed by atoms with Gasteiger partial charge in [0.25, 0.3) is 11.5 Å². The number of amides is 1. The minimum absolute atomic E-state index is 0.0556. The van der Waals surface area contributed by atoms with Crippen LogP contribution >= 0.6 is 11.6 Å². The van der Waals surface area contributed by atoms with E-state index in [1.165, 1.54) is 11.6 Å². The van der Waals surface area contributed by atoms with Crippen LogP contribution in [-0.4, -0.2) is 20.8 Å². The topological polar surface area (TPSA) is 102 Å². The molecule has 0 saturated heterocycles. The molecule has 2 N–H and O–H groups in total. The number of fused-ring (bicyclic) bond motifs is 1. The van der Waals surface area contributed by atoms with E-state index in [9.17, 15) is 19.2 Å². The number of hydrogen-bond donors (Lipinski definition) is 2. The molecule has 0 bridgehead atoms. The van der Waals surface area contributed by atoms with Gasteiger partial charge in [-0.05, 0) is 42.3 Å². The average molecular weight is 465 g/mol. The van der Waals surface area contributed by atoms with Crippen LogP contribution in [0.25, 0.3) is 6.08 Å². The monoisotopic (exact) mass is 464 g/mol. The number of anilines is 2. The highest BCUT2D eigenvalue weighted by Gasteiger charge is 2.32. The number of halogens is 1. The molecule has 2 heterocycles. The van der Waals surface area contributed by atoms with Gasteiger partial charge >= 0.3 is 5.69 Å². The zero-order valence-electron chi connectivity index (χ0n) is 18.0. The summed E-state index contributed by atoms with van der Waals surface area (Å²) < 4.78 is 2.34. The molecule has 9 heteroatoms. The van der Waals surface area contributed by atoms with Crippen LogP contribution in [0, 0.1) is 0 Å². The Morgan fingerprint density at radius 2 is 1.88 bits per heavy atom. The molecule has 0 spiro atoms. The van der Waals surface area contributed by atoms with Crippen molar-refractivity contribution in [1.82, 2.24) is 9.13 Å². The fourth-order valence-electron chi connectivity index (χ4n) is 3.67. The van der Waals surface area contributed by atoms with E-state index in [1.807, 2.05) is 6.92 Å². The van der Waals surface area contributed by atoms with E-state index in [0.717, 1.165) is 4.57 Å². The van der Waals surface area contributed by atoms with Crippen molar-refractivity contribution in [1.29, 1.82) is 0 Å². The maximum absolute atomic E-state index is 13.0. The number of hydrogen-bond acceptors (Lipinski definition) is 5. The highest BCUT2D eigenvalue weighted by Crippen LogP contribution is 2.26. The first-order chi connectivity index (χ1) is 15.8. The SMILES string of the molecule is CCCn1c2c(c(=O)n(C)c1=O)C(=O)C(=Cc1cccc(NC(=O)c3ccccc3Cl)c1)N2. The van der Waals surface area contributed by atoms with Gasteiger partial charge in [0.2, 0.25) is 5.78 Å². The minimum atomic E-state index is -0.635. The number of carbonyl (C=O) groups excluding carboxylic acids is 2. The average Bonchev–Trinajstić information content (AvgIpc) is 3.11. The summed E-state index contributed by atoms with van der Waals surface area (Å²) in [6, 6.07) is 13.6. The van der Waals surface area contributed by atoms with E-state index in [4.69, 9.17) is 11.6 Å². The number of benzene rings is 2. The standard InChI is InChI=1S/C24H21ClN4O4/c1-3-11-29-21-19(23(32)28(2)24(29)33)20(30)18(27-21)13-14-7-6-8-15(12-14)26-22(31)16-9-4-5-10-17(16)25/h4-10,12-13,27H,3,11H2,1-2H3,(H,26,31). The minimum Gasteiger partial charge on any atom is -0.338 e. The predicted molar refractivity (Wildman–Crippen MR) is 128 cm³/mol. The van der Waals surface area contributed by atoms with Gasteiger partial charge in [0, 0.05) is 19.3 Å². The van der Waals surface area contributed by atoms with E-state index >= 15 is 0 Å². The second-order valence-corrected chi connectivity index (χ2v) is 8.00. The maximum Gasteiger partial charge on any atom is 0.332 e. The molecule has 0 unspecified atom stereocenters. The number of aromatic nitrogens is 2. The third kappa shape index (κ3) is 4.12. The fourth-order valence-corrected chi connectivity index (χ4v) is 3.89. The molecule has 8 nitrogen and oxygen atoms in total. The normalized spacial score (nSPS) is 13.7. The number of Topliss-reactive ketones (excluding diaryl/α,β-unsaturated/α-hetero) is 1. The Morgan fingerprint density at radius 1 is 1.12 bits per heavy atom.